The molecule has 1 aliphatic rings. The average molecular weight is 233 g/mol. The predicted molar refractivity (Wildman–Crippen MR) is 75.2 cm³/mol. The quantitative estimate of drug-likeness (QED) is 0.667. The van der Waals surface area contributed by atoms with E-state index in [-0.39, 0.29) is 19.2 Å². The maximum atomic E-state index is 11.8. The Labute approximate surface area is 109 Å². The van der Waals surface area contributed by atoms with Gasteiger partial charge in [-0.1, -0.05) is 40.2 Å². The molecule has 2 heteroatoms. The summed E-state index contributed by atoms with van der Waals surface area (Å²) >= 11 is 0. The van der Waals surface area contributed by atoms with E-state index in [0.29, 0.717) is 12.2 Å². The molecule has 0 fully saturated rings. The van der Waals surface area contributed by atoms with Gasteiger partial charge in [0, 0.05) is 14.8 Å². The summed E-state index contributed by atoms with van der Waals surface area (Å²) < 4.78 is 0. The summed E-state index contributed by atoms with van der Waals surface area (Å²) in [5, 5.41) is 0. The zero-order chi connectivity index (χ0) is 12.4. The average Bonchev–Trinajstić information content (AvgIpc) is 2.18. The van der Waals surface area contributed by atoms with E-state index in [0.717, 1.165) is 25.7 Å². The molecule has 17 heavy (non-hydrogen) atoms. The Bertz CT molecular complexity index is 290. The van der Waals surface area contributed by atoms with Crippen LogP contribution in [0.3, 0.4) is 0 Å². The van der Waals surface area contributed by atoms with Crippen molar-refractivity contribution in [3.63, 3.8) is 0 Å². The van der Waals surface area contributed by atoms with Crippen LogP contribution in [0.1, 0.15) is 66.7 Å². The van der Waals surface area contributed by atoms with Crippen molar-refractivity contribution in [3.05, 3.63) is 11.6 Å². The summed E-state index contributed by atoms with van der Waals surface area (Å²) in [4.78, 5) is 11.8. The van der Waals surface area contributed by atoms with Gasteiger partial charge in [0.15, 0.2) is 5.78 Å². The molecule has 0 aromatic heterocycles. The summed E-state index contributed by atoms with van der Waals surface area (Å²) in [5.74, 6) is 0.325. The topological polar surface area (TPSA) is 17.1 Å². The molecule has 0 spiro atoms. The smallest absolute Gasteiger partial charge is 0.156 e. The molecular formula is C15H26BO. The van der Waals surface area contributed by atoms with Gasteiger partial charge in [0.05, 0.1) is 0 Å². The van der Waals surface area contributed by atoms with Crippen molar-refractivity contribution in [1.29, 1.82) is 0 Å². The standard InChI is InChI=1S/C15H26O.B/c1-6-15(7-2,8-3)12-9-13(16)11-14(4,5)10-12;/h9H,6-8,10-11H2,1-5H3;. The largest absolute Gasteiger partial charge is 0.295 e. The Hall–Kier alpha value is -0.525. The molecule has 0 heterocycles. The van der Waals surface area contributed by atoms with Crippen LogP contribution in [0, 0.1) is 10.8 Å². The Balaban J connectivity index is 0.00000256. The van der Waals surface area contributed by atoms with E-state index in [1.807, 2.05) is 6.08 Å². The van der Waals surface area contributed by atoms with E-state index >= 15 is 0 Å². The molecule has 0 saturated carbocycles. The lowest BCUT2D eigenvalue weighted by Gasteiger charge is -2.40. The molecule has 1 rings (SSSR count). The van der Waals surface area contributed by atoms with Crippen molar-refractivity contribution in [2.45, 2.75) is 66.7 Å². The van der Waals surface area contributed by atoms with Crippen molar-refractivity contribution in [1.82, 2.24) is 0 Å². The summed E-state index contributed by atoms with van der Waals surface area (Å²) in [6, 6.07) is 0. The predicted octanol–water partition coefficient (Wildman–Crippen LogP) is 4.14. The fourth-order valence-corrected chi connectivity index (χ4v) is 3.12. The number of hydrogen-bond donors (Lipinski definition) is 0. The van der Waals surface area contributed by atoms with Crippen LogP contribution in [0.5, 0.6) is 0 Å². The highest BCUT2D eigenvalue weighted by Crippen LogP contribution is 2.46. The van der Waals surface area contributed by atoms with Crippen LogP contribution >= 0.6 is 0 Å². The molecule has 0 N–H and O–H groups in total. The SMILES string of the molecule is CCC(CC)(CC)C1=CC(=O)CC(C)(C)C1.[B]. The Morgan fingerprint density at radius 3 is 1.94 bits per heavy atom. The minimum atomic E-state index is 0. The molecule has 0 aromatic rings. The van der Waals surface area contributed by atoms with Crippen LogP contribution in [0.25, 0.3) is 0 Å². The molecule has 0 aromatic carbocycles. The van der Waals surface area contributed by atoms with Gasteiger partial charge in [-0.05, 0) is 42.6 Å². The molecule has 0 saturated heterocycles. The summed E-state index contributed by atoms with van der Waals surface area (Å²) in [7, 11) is 0. The van der Waals surface area contributed by atoms with Crippen LogP contribution in [0.15, 0.2) is 11.6 Å². The number of carbonyl (C=O) groups is 1. The van der Waals surface area contributed by atoms with Gasteiger partial charge in [-0.2, -0.15) is 0 Å². The fourth-order valence-electron chi connectivity index (χ4n) is 3.12. The van der Waals surface area contributed by atoms with E-state index < -0.39 is 0 Å². The van der Waals surface area contributed by atoms with E-state index in [1.54, 1.807) is 0 Å². The van der Waals surface area contributed by atoms with Crippen molar-refractivity contribution in [2.75, 3.05) is 0 Å². The summed E-state index contributed by atoms with van der Waals surface area (Å²) in [6.07, 6.45) is 7.19. The van der Waals surface area contributed by atoms with Gasteiger partial charge < -0.3 is 0 Å². The Kier molecular flexibility index (Phi) is 5.70. The first kappa shape index (κ1) is 16.5. The number of hydrogen-bond acceptors (Lipinski definition) is 1. The third kappa shape index (κ3) is 3.47. The number of rotatable bonds is 4. The van der Waals surface area contributed by atoms with Crippen molar-refractivity contribution >= 4 is 14.2 Å². The van der Waals surface area contributed by atoms with E-state index in [1.165, 1.54) is 5.57 Å². The van der Waals surface area contributed by atoms with E-state index in [9.17, 15) is 4.79 Å². The lowest BCUT2D eigenvalue weighted by molar-refractivity contribution is -0.117. The van der Waals surface area contributed by atoms with Crippen LogP contribution in [-0.4, -0.2) is 14.2 Å². The van der Waals surface area contributed by atoms with Gasteiger partial charge in [0.1, 0.15) is 0 Å². The minimum absolute atomic E-state index is 0. The first-order valence-electron chi connectivity index (χ1n) is 6.63. The molecule has 0 amide bonds. The highest BCUT2D eigenvalue weighted by atomic mass is 16.1. The summed E-state index contributed by atoms with van der Waals surface area (Å²) in [5.41, 5.74) is 1.83. The zero-order valence-corrected chi connectivity index (χ0v) is 12.1. The van der Waals surface area contributed by atoms with Crippen LogP contribution < -0.4 is 0 Å². The molecular weight excluding hydrogens is 207 g/mol. The molecule has 1 nitrogen and oxygen atoms in total. The molecule has 0 unspecified atom stereocenters. The lowest BCUT2D eigenvalue weighted by Crippen LogP contribution is -2.30. The monoisotopic (exact) mass is 233 g/mol. The number of carbonyl (C=O) groups excluding carboxylic acids is 1. The normalized spacial score (nSPS) is 19.6. The lowest BCUT2D eigenvalue weighted by atomic mass is 9.64. The Morgan fingerprint density at radius 1 is 1.12 bits per heavy atom. The molecule has 0 atom stereocenters. The minimum Gasteiger partial charge on any atom is -0.295 e. The molecule has 0 aliphatic heterocycles. The van der Waals surface area contributed by atoms with Gasteiger partial charge >= 0.3 is 0 Å². The second-order valence-corrected chi connectivity index (χ2v) is 5.99. The first-order chi connectivity index (χ1) is 7.39. The van der Waals surface area contributed by atoms with Crippen LogP contribution in [0.4, 0.5) is 0 Å². The second-order valence-electron chi connectivity index (χ2n) is 5.99. The van der Waals surface area contributed by atoms with Crippen LogP contribution in [-0.2, 0) is 4.79 Å². The van der Waals surface area contributed by atoms with Crippen molar-refractivity contribution in [3.8, 4) is 0 Å². The number of allylic oxidation sites excluding steroid dienone is 2. The fraction of sp³-hybridized carbons (Fsp3) is 0.800. The van der Waals surface area contributed by atoms with Gasteiger partial charge in [-0.25, -0.2) is 0 Å². The molecule has 95 valence electrons. The highest BCUT2D eigenvalue weighted by molar-refractivity contribution is 5.92. The molecule has 1 aliphatic carbocycles. The van der Waals surface area contributed by atoms with Gasteiger partial charge in [-0.3, -0.25) is 4.79 Å². The second kappa shape index (κ2) is 5.88. The van der Waals surface area contributed by atoms with Gasteiger partial charge in [-0.15, -0.1) is 0 Å². The highest BCUT2D eigenvalue weighted by Gasteiger charge is 2.36. The van der Waals surface area contributed by atoms with Gasteiger partial charge in [0.25, 0.3) is 0 Å². The first-order valence-corrected chi connectivity index (χ1v) is 6.63. The zero-order valence-electron chi connectivity index (χ0n) is 12.1. The van der Waals surface area contributed by atoms with E-state index in [2.05, 4.69) is 34.6 Å². The van der Waals surface area contributed by atoms with Crippen molar-refractivity contribution in [2.24, 2.45) is 10.8 Å². The third-order valence-electron chi connectivity index (χ3n) is 4.37. The summed E-state index contributed by atoms with van der Waals surface area (Å²) in [6.45, 7) is 11.2. The van der Waals surface area contributed by atoms with E-state index in [4.69, 9.17) is 0 Å². The van der Waals surface area contributed by atoms with Crippen LogP contribution in [0.2, 0.25) is 0 Å². The molecule has 3 radical (unpaired) electrons. The maximum absolute atomic E-state index is 11.8. The maximum Gasteiger partial charge on any atom is 0.156 e. The third-order valence-corrected chi connectivity index (χ3v) is 4.37. The molecule has 0 bridgehead atoms. The van der Waals surface area contributed by atoms with Gasteiger partial charge in [0.2, 0.25) is 0 Å². The Morgan fingerprint density at radius 2 is 1.59 bits per heavy atom. The van der Waals surface area contributed by atoms with Crippen molar-refractivity contribution < 1.29 is 4.79 Å². The number of ketones is 1.